The molecule has 0 unspecified atom stereocenters. The highest BCUT2D eigenvalue weighted by Gasteiger charge is 2.37. The van der Waals surface area contributed by atoms with Crippen LogP contribution >= 0.6 is 0 Å². The largest absolute Gasteiger partial charge is 0.381 e. The number of rotatable bonds is 3. The molecule has 1 fully saturated rings. The van der Waals surface area contributed by atoms with Crippen LogP contribution in [-0.4, -0.2) is 17.9 Å². The zero-order valence-electron chi connectivity index (χ0n) is 11.4. The molecule has 21 heavy (non-hydrogen) atoms. The Bertz CT molecular complexity index is 715. The molecule has 4 rings (SSSR count). The van der Waals surface area contributed by atoms with Crippen molar-refractivity contribution in [1.29, 1.82) is 0 Å². The van der Waals surface area contributed by atoms with E-state index >= 15 is 0 Å². The lowest BCUT2D eigenvalue weighted by molar-refractivity contribution is 0.0926. The number of amides is 2. The number of para-hydroxylation sites is 2. The van der Waals surface area contributed by atoms with E-state index in [1.807, 2.05) is 24.3 Å². The average Bonchev–Trinajstić information content (AvgIpc) is 3.29. The van der Waals surface area contributed by atoms with Crippen LogP contribution in [0.15, 0.2) is 48.5 Å². The van der Waals surface area contributed by atoms with Gasteiger partial charge in [-0.1, -0.05) is 24.3 Å². The minimum atomic E-state index is -0.249. The van der Waals surface area contributed by atoms with E-state index in [4.69, 9.17) is 0 Å². The van der Waals surface area contributed by atoms with Crippen molar-refractivity contribution in [3.63, 3.8) is 0 Å². The quantitative estimate of drug-likeness (QED) is 0.878. The summed E-state index contributed by atoms with van der Waals surface area (Å²) in [5.74, 6) is -0.499. The molecular formula is C17H14N2O2. The molecule has 1 aliphatic carbocycles. The molecule has 0 spiro atoms. The third-order valence-electron chi connectivity index (χ3n) is 3.88. The number of fused-ring (bicyclic) bond motifs is 1. The lowest BCUT2D eigenvalue weighted by atomic mass is 10.1. The van der Waals surface area contributed by atoms with Crippen LogP contribution in [0.25, 0.3) is 0 Å². The monoisotopic (exact) mass is 278 g/mol. The molecular weight excluding hydrogens is 264 g/mol. The van der Waals surface area contributed by atoms with E-state index in [0.29, 0.717) is 22.9 Å². The molecule has 2 aromatic rings. The highest BCUT2D eigenvalue weighted by Crippen LogP contribution is 2.35. The number of hydrogen-bond donors (Lipinski definition) is 1. The third-order valence-corrected chi connectivity index (χ3v) is 3.88. The maximum atomic E-state index is 12.5. The fourth-order valence-corrected chi connectivity index (χ4v) is 2.65. The minimum Gasteiger partial charge on any atom is -0.381 e. The highest BCUT2D eigenvalue weighted by molar-refractivity contribution is 6.35. The van der Waals surface area contributed by atoms with Crippen LogP contribution in [-0.2, 0) is 0 Å². The minimum absolute atomic E-state index is 0.249. The zero-order chi connectivity index (χ0) is 14.4. The molecule has 1 saturated carbocycles. The van der Waals surface area contributed by atoms with Crippen molar-refractivity contribution >= 4 is 23.2 Å². The van der Waals surface area contributed by atoms with Gasteiger partial charge >= 0.3 is 0 Å². The van der Waals surface area contributed by atoms with E-state index in [0.717, 1.165) is 18.5 Å². The van der Waals surface area contributed by atoms with Gasteiger partial charge in [-0.25, -0.2) is 4.90 Å². The van der Waals surface area contributed by atoms with Crippen molar-refractivity contribution in [3.05, 3.63) is 59.7 Å². The van der Waals surface area contributed by atoms with Crippen molar-refractivity contribution in [2.24, 2.45) is 0 Å². The summed E-state index contributed by atoms with van der Waals surface area (Å²) >= 11 is 0. The van der Waals surface area contributed by atoms with Crippen molar-refractivity contribution in [1.82, 2.24) is 0 Å². The first-order chi connectivity index (χ1) is 10.3. The molecule has 0 saturated heterocycles. The Balaban J connectivity index is 1.78. The smallest absolute Gasteiger partial charge is 0.266 e. The summed E-state index contributed by atoms with van der Waals surface area (Å²) < 4.78 is 0. The van der Waals surface area contributed by atoms with Crippen LogP contribution < -0.4 is 10.2 Å². The van der Waals surface area contributed by atoms with Gasteiger partial charge in [-0.05, 0) is 37.1 Å². The Morgan fingerprint density at radius 3 is 2.05 bits per heavy atom. The molecule has 2 aliphatic rings. The van der Waals surface area contributed by atoms with Crippen LogP contribution in [0.1, 0.15) is 33.6 Å². The van der Waals surface area contributed by atoms with Crippen LogP contribution in [0, 0.1) is 0 Å². The standard InChI is InChI=1S/C17H14N2O2/c20-16-12-5-1-2-6-13(12)17(21)19(16)15-8-4-3-7-14(15)18-11-9-10-11/h1-8,11,18H,9-10H2. The normalized spacial score (nSPS) is 17.0. The van der Waals surface area contributed by atoms with Crippen LogP contribution in [0.4, 0.5) is 11.4 Å². The zero-order valence-corrected chi connectivity index (χ0v) is 11.4. The van der Waals surface area contributed by atoms with E-state index in [1.165, 1.54) is 4.90 Å². The fraction of sp³-hybridized carbons (Fsp3) is 0.176. The maximum absolute atomic E-state index is 12.5. The van der Waals surface area contributed by atoms with Crippen LogP contribution in [0.2, 0.25) is 0 Å². The number of nitrogens with one attached hydrogen (secondary N) is 1. The SMILES string of the molecule is O=C1c2ccccc2C(=O)N1c1ccccc1NC1CC1. The molecule has 4 heteroatoms. The van der Waals surface area contributed by atoms with Gasteiger partial charge in [0, 0.05) is 6.04 Å². The predicted molar refractivity (Wildman–Crippen MR) is 80.7 cm³/mol. The van der Waals surface area contributed by atoms with Gasteiger partial charge in [-0.3, -0.25) is 9.59 Å². The Morgan fingerprint density at radius 1 is 0.857 bits per heavy atom. The molecule has 4 nitrogen and oxygen atoms in total. The molecule has 104 valence electrons. The Morgan fingerprint density at radius 2 is 1.43 bits per heavy atom. The summed E-state index contributed by atoms with van der Waals surface area (Å²) in [4.78, 5) is 26.4. The summed E-state index contributed by atoms with van der Waals surface area (Å²) in [7, 11) is 0. The van der Waals surface area contributed by atoms with Crippen molar-refractivity contribution in [3.8, 4) is 0 Å². The second-order valence-corrected chi connectivity index (χ2v) is 5.43. The van der Waals surface area contributed by atoms with Gasteiger partial charge in [0.15, 0.2) is 0 Å². The second-order valence-electron chi connectivity index (χ2n) is 5.43. The average molecular weight is 278 g/mol. The predicted octanol–water partition coefficient (Wildman–Crippen LogP) is 3.06. The van der Waals surface area contributed by atoms with Gasteiger partial charge in [-0.15, -0.1) is 0 Å². The Kier molecular flexibility index (Phi) is 2.57. The third kappa shape index (κ3) is 1.91. The first-order valence-corrected chi connectivity index (χ1v) is 7.09. The molecule has 1 N–H and O–H groups in total. The lowest BCUT2D eigenvalue weighted by Crippen LogP contribution is -2.30. The summed E-state index contributed by atoms with van der Waals surface area (Å²) in [5.41, 5.74) is 2.43. The summed E-state index contributed by atoms with van der Waals surface area (Å²) in [6.07, 6.45) is 2.27. The van der Waals surface area contributed by atoms with Gasteiger partial charge in [0.05, 0.1) is 22.5 Å². The molecule has 1 aliphatic heterocycles. The van der Waals surface area contributed by atoms with Gasteiger partial charge in [0.25, 0.3) is 11.8 Å². The lowest BCUT2D eigenvalue weighted by Gasteiger charge is -2.18. The van der Waals surface area contributed by atoms with E-state index in [9.17, 15) is 9.59 Å². The maximum Gasteiger partial charge on any atom is 0.266 e. The van der Waals surface area contributed by atoms with E-state index in [-0.39, 0.29) is 11.8 Å². The molecule has 0 radical (unpaired) electrons. The molecule has 2 aromatic carbocycles. The number of imide groups is 1. The number of nitrogens with zero attached hydrogens (tertiary/aromatic N) is 1. The molecule has 0 aromatic heterocycles. The van der Waals surface area contributed by atoms with E-state index in [2.05, 4.69) is 5.32 Å². The number of benzene rings is 2. The van der Waals surface area contributed by atoms with Crippen molar-refractivity contribution < 1.29 is 9.59 Å². The summed E-state index contributed by atoms with van der Waals surface area (Å²) in [6, 6.07) is 14.9. The Hall–Kier alpha value is -2.62. The molecule has 0 bridgehead atoms. The first kappa shape index (κ1) is 12.1. The van der Waals surface area contributed by atoms with E-state index in [1.54, 1.807) is 24.3 Å². The number of anilines is 2. The highest BCUT2D eigenvalue weighted by atomic mass is 16.2. The van der Waals surface area contributed by atoms with Crippen LogP contribution in [0.3, 0.4) is 0 Å². The summed E-state index contributed by atoms with van der Waals surface area (Å²) in [6.45, 7) is 0. The second kappa shape index (κ2) is 4.45. The Labute approximate surface area is 122 Å². The number of carbonyl (C=O) groups is 2. The van der Waals surface area contributed by atoms with Crippen molar-refractivity contribution in [2.75, 3.05) is 10.2 Å². The topological polar surface area (TPSA) is 49.4 Å². The van der Waals surface area contributed by atoms with Crippen LogP contribution in [0.5, 0.6) is 0 Å². The molecule has 1 heterocycles. The summed E-state index contributed by atoms with van der Waals surface area (Å²) in [5, 5.41) is 3.38. The fourth-order valence-electron chi connectivity index (χ4n) is 2.65. The first-order valence-electron chi connectivity index (χ1n) is 7.09. The molecule has 0 atom stereocenters. The van der Waals surface area contributed by atoms with E-state index < -0.39 is 0 Å². The van der Waals surface area contributed by atoms with Gasteiger partial charge in [0.2, 0.25) is 0 Å². The number of carbonyl (C=O) groups excluding carboxylic acids is 2. The van der Waals surface area contributed by atoms with Gasteiger partial charge in [0.1, 0.15) is 0 Å². The number of hydrogen-bond acceptors (Lipinski definition) is 3. The van der Waals surface area contributed by atoms with Gasteiger partial charge in [-0.2, -0.15) is 0 Å². The molecule has 2 amide bonds. The van der Waals surface area contributed by atoms with Gasteiger partial charge < -0.3 is 5.32 Å². The van der Waals surface area contributed by atoms with Crippen molar-refractivity contribution in [2.45, 2.75) is 18.9 Å².